The zero-order chi connectivity index (χ0) is 13.8. The van der Waals surface area contributed by atoms with Crippen LogP contribution in [-0.2, 0) is 0 Å². The average Bonchev–Trinajstić information content (AvgIpc) is 2.81. The molecule has 0 aliphatic heterocycles. The Morgan fingerprint density at radius 3 is 2.95 bits per heavy atom. The van der Waals surface area contributed by atoms with Gasteiger partial charge in [-0.05, 0) is 24.3 Å². The van der Waals surface area contributed by atoms with E-state index in [1.165, 1.54) is 25.5 Å². The number of nitrogens with one attached hydrogen (secondary N) is 2. The summed E-state index contributed by atoms with van der Waals surface area (Å²) in [5, 5.41) is 3.28. The highest BCUT2D eigenvalue weighted by Crippen LogP contribution is 2.30. The smallest absolute Gasteiger partial charge is 0.252 e. The number of nitrogens with zero attached hydrogens (tertiary/aromatic N) is 1. The van der Waals surface area contributed by atoms with Gasteiger partial charge in [0.05, 0.1) is 10.6 Å². The number of halogens is 1. The molecule has 1 aromatic rings. The molecule has 1 saturated carbocycles. The number of hydrogen-bond acceptors (Lipinski definition) is 4. The van der Waals surface area contributed by atoms with Crippen LogP contribution in [0.25, 0.3) is 0 Å². The van der Waals surface area contributed by atoms with Crippen LogP contribution >= 0.6 is 11.6 Å². The molecule has 1 aliphatic carbocycles. The Hall–Kier alpha value is -1.33. The minimum Gasteiger partial charge on any atom is -0.352 e. The first-order valence-electron chi connectivity index (χ1n) is 6.52. The van der Waals surface area contributed by atoms with Crippen molar-refractivity contribution in [2.75, 3.05) is 12.0 Å². The van der Waals surface area contributed by atoms with Crippen molar-refractivity contribution in [3.8, 4) is 0 Å². The molecular formula is C13H19ClN4O. The topological polar surface area (TPSA) is 80.0 Å². The van der Waals surface area contributed by atoms with Gasteiger partial charge in [-0.15, -0.1) is 0 Å². The van der Waals surface area contributed by atoms with E-state index in [-0.39, 0.29) is 5.91 Å². The molecule has 104 valence electrons. The van der Waals surface area contributed by atoms with Crippen molar-refractivity contribution in [3.63, 3.8) is 0 Å². The minimum atomic E-state index is -0.142. The van der Waals surface area contributed by atoms with Gasteiger partial charge >= 0.3 is 0 Å². The number of nitrogens with two attached hydrogens (primary N) is 1. The third-order valence-electron chi connectivity index (χ3n) is 3.80. The van der Waals surface area contributed by atoms with Gasteiger partial charge in [-0.1, -0.05) is 31.4 Å². The molecule has 4 N–H and O–H groups in total. The number of hydrogen-bond donors (Lipinski definition) is 3. The first kappa shape index (κ1) is 14.1. The third kappa shape index (κ3) is 3.36. The van der Waals surface area contributed by atoms with Gasteiger partial charge in [-0.2, -0.15) is 0 Å². The Balaban J connectivity index is 1.94. The van der Waals surface area contributed by atoms with Crippen molar-refractivity contribution >= 4 is 23.3 Å². The van der Waals surface area contributed by atoms with Crippen molar-refractivity contribution in [2.24, 2.45) is 17.7 Å². The highest BCUT2D eigenvalue weighted by molar-refractivity contribution is 6.33. The van der Waals surface area contributed by atoms with E-state index in [0.29, 0.717) is 34.8 Å². The van der Waals surface area contributed by atoms with E-state index >= 15 is 0 Å². The zero-order valence-electron chi connectivity index (χ0n) is 10.9. The molecule has 1 aliphatic rings. The normalized spacial score (nSPS) is 22.3. The minimum absolute atomic E-state index is 0.142. The molecule has 0 bridgehead atoms. The van der Waals surface area contributed by atoms with Crippen LogP contribution in [0.3, 0.4) is 0 Å². The molecule has 2 rings (SSSR count). The number of anilines is 1. The summed E-state index contributed by atoms with van der Waals surface area (Å²) in [5.41, 5.74) is 2.82. The number of pyridine rings is 1. The summed E-state index contributed by atoms with van der Waals surface area (Å²) < 4.78 is 0. The van der Waals surface area contributed by atoms with E-state index in [1.807, 2.05) is 0 Å². The van der Waals surface area contributed by atoms with Gasteiger partial charge in [-0.25, -0.2) is 10.8 Å². The second-order valence-electron chi connectivity index (χ2n) is 5.08. The van der Waals surface area contributed by atoms with E-state index in [0.717, 1.165) is 0 Å². The molecule has 0 saturated heterocycles. The average molecular weight is 283 g/mol. The van der Waals surface area contributed by atoms with Gasteiger partial charge in [0.2, 0.25) is 0 Å². The van der Waals surface area contributed by atoms with Crippen LogP contribution in [0.1, 0.15) is 36.5 Å². The predicted octanol–water partition coefficient (Wildman–Crippen LogP) is 2.19. The lowest BCUT2D eigenvalue weighted by Gasteiger charge is -2.16. The van der Waals surface area contributed by atoms with Crippen molar-refractivity contribution in [3.05, 3.63) is 22.8 Å². The molecule has 19 heavy (non-hydrogen) atoms. The quantitative estimate of drug-likeness (QED) is 0.584. The van der Waals surface area contributed by atoms with Crippen molar-refractivity contribution in [2.45, 2.75) is 26.2 Å². The maximum atomic E-state index is 12.0. The first-order valence-corrected chi connectivity index (χ1v) is 6.90. The Morgan fingerprint density at radius 2 is 2.37 bits per heavy atom. The van der Waals surface area contributed by atoms with Crippen LogP contribution in [-0.4, -0.2) is 17.4 Å². The Labute approximate surface area is 117 Å². The van der Waals surface area contributed by atoms with Crippen molar-refractivity contribution < 1.29 is 4.79 Å². The highest BCUT2D eigenvalue weighted by atomic mass is 35.5. The number of nitrogen functional groups attached to an aromatic ring is 1. The number of aromatic nitrogens is 1. The Bertz CT molecular complexity index is 466. The van der Waals surface area contributed by atoms with E-state index in [2.05, 4.69) is 22.7 Å². The summed E-state index contributed by atoms with van der Waals surface area (Å²) in [6, 6.07) is 1.57. The van der Waals surface area contributed by atoms with Gasteiger partial charge in [0.15, 0.2) is 5.82 Å². The highest BCUT2D eigenvalue weighted by Gasteiger charge is 2.23. The van der Waals surface area contributed by atoms with E-state index in [9.17, 15) is 4.79 Å². The summed E-state index contributed by atoms with van der Waals surface area (Å²) in [6.07, 6.45) is 5.17. The van der Waals surface area contributed by atoms with Gasteiger partial charge in [0, 0.05) is 12.7 Å². The van der Waals surface area contributed by atoms with Gasteiger partial charge in [-0.3, -0.25) is 4.79 Å². The van der Waals surface area contributed by atoms with Crippen LogP contribution in [0.2, 0.25) is 5.02 Å². The molecule has 0 aromatic carbocycles. The monoisotopic (exact) mass is 282 g/mol. The molecule has 1 fully saturated rings. The second kappa shape index (κ2) is 6.21. The lowest BCUT2D eigenvalue weighted by Crippen LogP contribution is -2.30. The predicted molar refractivity (Wildman–Crippen MR) is 75.9 cm³/mol. The van der Waals surface area contributed by atoms with Gasteiger partial charge < -0.3 is 10.7 Å². The Kier molecular flexibility index (Phi) is 4.61. The van der Waals surface area contributed by atoms with E-state index < -0.39 is 0 Å². The summed E-state index contributed by atoms with van der Waals surface area (Å²) in [6.45, 7) is 2.96. The standard InChI is InChI=1S/C13H19ClN4O/c1-8-3-2-4-9(8)6-17-13(19)10-5-11(14)12(18-15)16-7-10/h5,7-9H,2-4,6,15H2,1H3,(H,16,18)(H,17,19). The Morgan fingerprint density at radius 1 is 1.58 bits per heavy atom. The van der Waals surface area contributed by atoms with E-state index in [1.54, 1.807) is 6.07 Å². The molecule has 1 heterocycles. The number of rotatable bonds is 4. The van der Waals surface area contributed by atoms with E-state index in [4.69, 9.17) is 17.4 Å². The maximum Gasteiger partial charge on any atom is 0.252 e. The lowest BCUT2D eigenvalue weighted by atomic mass is 9.98. The van der Waals surface area contributed by atoms with Crippen molar-refractivity contribution in [1.29, 1.82) is 0 Å². The fourth-order valence-electron chi connectivity index (χ4n) is 2.52. The summed E-state index contributed by atoms with van der Waals surface area (Å²) in [7, 11) is 0. The number of hydrazine groups is 1. The summed E-state index contributed by atoms with van der Waals surface area (Å²) in [5.74, 6) is 6.72. The van der Waals surface area contributed by atoms with Crippen molar-refractivity contribution in [1.82, 2.24) is 10.3 Å². The number of amides is 1. The largest absolute Gasteiger partial charge is 0.352 e. The first-order chi connectivity index (χ1) is 9.11. The van der Waals surface area contributed by atoms with Crippen LogP contribution in [0.5, 0.6) is 0 Å². The third-order valence-corrected chi connectivity index (χ3v) is 4.09. The zero-order valence-corrected chi connectivity index (χ0v) is 11.7. The van der Waals surface area contributed by atoms with Crippen LogP contribution < -0.4 is 16.6 Å². The lowest BCUT2D eigenvalue weighted by molar-refractivity contribution is 0.0944. The molecule has 2 unspecified atom stereocenters. The van der Waals surface area contributed by atoms with Crippen LogP contribution in [0.4, 0.5) is 5.82 Å². The fourth-order valence-corrected chi connectivity index (χ4v) is 2.74. The molecule has 0 radical (unpaired) electrons. The van der Waals surface area contributed by atoms with Crippen LogP contribution in [0, 0.1) is 11.8 Å². The second-order valence-corrected chi connectivity index (χ2v) is 5.48. The number of carbonyl (C=O) groups is 1. The summed E-state index contributed by atoms with van der Waals surface area (Å²) in [4.78, 5) is 16.0. The van der Waals surface area contributed by atoms with Gasteiger partial charge in [0.1, 0.15) is 0 Å². The SMILES string of the molecule is CC1CCCC1CNC(=O)c1cnc(NN)c(Cl)c1. The number of carbonyl (C=O) groups excluding carboxylic acids is 1. The molecule has 5 nitrogen and oxygen atoms in total. The molecule has 6 heteroatoms. The maximum absolute atomic E-state index is 12.0. The fraction of sp³-hybridized carbons (Fsp3) is 0.538. The van der Waals surface area contributed by atoms with Gasteiger partial charge in [0.25, 0.3) is 5.91 Å². The van der Waals surface area contributed by atoms with Crippen LogP contribution in [0.15, 0.2) is 12.3 Å². The molecule has 1 aromatic heterocycles. The molecular weight excluding hydrogens is 264 g/mol. The summed E-state index contributed by atoms with van der Waals surface area (Å²) >= 11 is 5.94. The molecule has 2 atom stereocenters. The molecule has 1 amide bonds. The molecule has 0 spiro atoms.